The van der Waals surface area contributed by atoms with Crippen molar-refractivity contribution in [2.75, 3.05) is 5.73 Å². The van der Waals surface area contributed by atoms with Crippen molar-refractivity contribution in [3.8, 4) is 0 Å². The van der Waals surface area contributed by atoms with Crippen molar-refractivity contribution < 1.29 is 0 Å². The average Bonchev–Trinajstić information content (AvgIpc) is 2.39. The van der Waals surface area contributed by atoms with E-state index in [0.717, 1.165) is 0 Å². The third kappa shape index (κ3) is 1.72. The fourth-order valence-electron chi connectivity index (χ4n) is 0.541. The molecule has 0 saturated heterocycles. The summed E-state index contributed by atoms with van der Waals surface area (Å²) in [5, 5.41) is 7.95. The maximum absolute atomic E-state index is 5.38. The van der Waals surface area contributed by atoms with Crippen molar-refractivity contribution in [3.05, 3.63) is 11.1 Å². The molecule has 6 heteroatoms. The minimum atomic E-state index is 0.355. The predicted molar refractivity (Wildman–Crippen MR) is 49.8 cm³/mol. The van der Waals surface area contributed by atoms with Gasteiger partial charge in [-0.1, -0.05) is 12.2 Å². The van der Waals surface area contributed by atoms with Crippen LogP contribution >= 0.6 is 23.6 Å². The van der Waals surface area contributed by atoms with Crippen LogP contribution in [0.1, 0.15) is 5.69 Å². The second-order valence-electron chi connectivity index (χ2n) is 1.65. The van der Waals surface area contributed by atoms with Crippen molar-refractivity contribution in [3.63, 3.8) is 0 Å². The molecule has 4 N–H and O–H groups in total. The zero-order chi connectivity index (χ0) is 8.27. The van der Waals surface area contributed by atoms with Crippen LogP contribution in [0.4, 0.5) is 5.13 Å². The molecule has 0 aromatic carbocycles. The monoisotopic (exact) mass is 185 g/mol. The Labute approximate surface area is 72.9 Å². The number of hydrazone groups is 1. The number of rotatable bonds is 2. The van der Waals surface area contributed by atoms with E-state index in [-0.39, 0.29) is 0 Å². The predicted octanol–water partition coefficient (Wildman–Crippen LogP) is 0.265. The average molecular weight is 185 g/mol. The van der Waals surface area contributed by atoms with E-state index in [1.54, 1.807) is 5.38 Å². The van der Waals surface area contributed by atoms with E-state index in [4.69, 9.17) is 11.6 Å². The summed E-state index contributed by atoms with van der Waals surface area (Å²) in [6.07, 6.45) is 0. The lowest BCUT2D eigenvalue weighted by molar-refractivity contribution is 1.24. The molecule has 0 bridgehead atoms. The number of hydrogen-bond acceptors (Lipinski definition) is 6. The number of nitrogen functional groups attached to an aromatic ring is 1. The largest absolute Gasteiger partial charge is 0.375 e. The van der Waals surface area contributed by atoms with Gasteiger partial charge in [0.25, 0.3) is 0 Å². The number of nitrogens with two attached hydrogens (primary N) is 2. The molecule has 11 heavy (non-hydrogen) atoms. The molecular weight excluding hydrogens is 180 g/mol. The van der Waals surface area contributed by atoms with E-state index in [0.29, 0.717) is 16.5 Å². The zero-order valence-corrected chi connectivity index (χ0v) is 7.08. The summed E-state index contributed by atoms with van der Waals surface area (Å²) in [5.74, 6) is 5.01. The SMILES string of the molecule is N/N=C(/[C]=S)c1csc(N)n1. The smallest absolute Gasteiger partial charge is 0.180 e. The van der Waals surface area contributed by atoms with Gasteiger partial charge in [-0.3, -0.25) is 0 Å². The molecule has 1 heterocycles. The fourth-order valence-corrected chi connectivity index (χ4v) is 1.25. The molecule has 0 aliphatic heterocycles. The second kappa shape index (κ2) is 3.40. The van der Waals surface area contributed by atoms with E-state index in [9.17, 15) is 0 Å². The highest BCUT2D eigenvalue weighted by Gasteiger charge is 2.03. The maximum atomic E-state index is 5.38. The molecule has 0 unspecified atom stereocenters. The Kier molecular flexibility index (Phi) is 2.50. The van der Waals surface area contributed by atoms with E-state index in [1.807, 2.05) is 0 Å². The third-order valence-corrected chi connectivity index (χ3v) is 1.86. The van der Waals surface area contributed by atoms with Gasteiger partial charge in [-0.2, -0.15) is 5.10 Å². The highest BCUT2D eigenvalue weighted by molar-refractivity contribution is 7.80. The van der Waals surface area contributed by atoms with Crippen LogP contribution in [0.5, 0.6) is 0 Å². The van der Waals surface area contributed by atoms with Crippen LogP contribution in [0.2, 0.25) is 0 Å². The first-order valence-electron chi connectivity index (χ1n) is 2.65. The highest BCUT2D eigenvalue weighted by Crippen LogP contribution is 2.10. The van der Waals surface area contributed by atoms with Crippen molar-refractivity contribution in [1.29, 1.82) is 0 Å². The fraction of sp³-hybridized carbons (Fsp3) is 0. The number of thiocarbonyl (C=S) groups is 1. The Morgan fingerprint density at radius 2 is 2.55 bits per heavy atom. The Hall–Kier alpha value is -1.01. The van der Waals surface area contributed by atoms with Gasteiger partial charge < -0.3 is 11.6 Å². The summed E-state index contributed by atoms with van der Waals surface area (Å²) >= 11 is 5.83. The molecule has 0 fully saturated rings. The van der Waals surface area contributed by atoms with Gasteiger partial charge in [0.2, 0.25) is 0 Å². The van der Waals surface area contributed by atoms with Crippen LogP contribution in [-0.4, -0.2) is 16.1 Å². The number of nitrogens with zero attached hydrogens (tertiary/aromatic N) is 2. The van der Waals surface area contributed by atoms with Gasteiger partial charge in [-0.25, -0.2) is 4.98 Å². The topological polar surface area (TPSA) is 77.3 Å². The molecule has 0 aliphatic rings. The first-order chi connectivity index (χ1) is 5.27. The zero-order valence-electron chi connectivity index (χ0n) is 5.44. The van der Waals surface area contributed by atoms with Gasteiger partial charge in [0.15, 0.2) is 5.13 Å². The standard InChI is InChI=1S/C5H5N4S2/c6-5-8-4(2-11-5)3(1-10)9-7/h2H,7H2,(H2,6,8)/b9-3-. The maximum Gasteiger partial charge on any atom is 0.180 e. The second-order valence-corrected chi connectivity index (χ2v) is 2.74. The molecule has 1 aromatic rings. The Balaban J connectivity index is 3.00. The lowest BCUT2D eigenvalue weighted by atomic mass is 10.3. The molecule has 0 amide bonds. The van der Waals surface area contributed by atoms with Crippen LogP contribution in [0.3, 0.4) is 0 Å². The van der Waals surface area contributed by atoms with Gasteiger partial charge in [-0.05, 0) is 0 Å². The summed E-state index contributed by atoms with van der Waals surface area (Å²) in [6.45, 7) is 0. The minimum absolute atomic E-state index is 0.355. The van der Waals surface area contributed by atoms with Crippen molar-refractivity contribution in [2.24, 2.45) is 10.9 Å². The molecule has 1 radical (unpaired) electrons. The van der Waals surface area contributed by atoms with Gasteiger partial charge in [0, 0.05) is 5.38 Å². The summed E-state index contributed by atoms with van der Waals surface area (Å²) in [5.41, 5.74) is 6.30. The number of anilines is 1. The third-order valence-electron chi connectivity index (χ3n) is 0.990. The number of thiazole rings is 1. The summed E-state index contributed by atoms with van der Waals surface area (Å²) < 4.78 is 0. The van der Waals surface area contributed by atoms with Crippen LogP contribution in [0.25, 0.3) is 0 Å². The van der Waals surface area contributed by atoms with Crippen molar-refractivity contribution in [1.82, 2.24) is 4.98 Å². The molecule has 57 valence electrons. The van der Waals surface area contributed by atoms with E-state index >= 15 is 0 Å². The normalized spacial score (nSPS) is 11.5. The summed E-state index contributed by atoms with van der Waals surface area (Å²) in [7, 11) is 0. The summed E-state index contributed by atoms with van der Waals surface area (Å²) in [6, 6.07) is 0. The molecule has 0 atom stereocenters. The van der Waals surface area contributed by atoms with Crippen molar-refractivity contribution in [2.45, 2.75) is 0 Å². The molecule has 1 aromatic heterocycles. The van der Waals surface area contributed by atoms with Crippen LogP contribution in [-0.2, 0) is 0 Å². The molecule has 0 saturated carbocycles. The first-order valence-corrected chi connectivity index (χ1v) is 3.94. The Morgan fingerprint density at radius 3 is 2.91 bits per heavy atom. The van der Waals surface area contributed by atoms with Gasteiger partial charge >= 0.3 is 0 Å². The first kappa shape index (κ1) is 8.09. The van der Waals surface area contributed by atoms with Crippen LogP contribution in [0, 0.1) is 0 Å². The Bertz CT molecular complexity index is 290. The van der Waals surface area contributed by atoms with Gasteiger partial charge in [0.1, 0.15) is 11.4 Å². The number of hydrogen-bond donors (Lipinski definition) is 2. The van der Waals surface area contributed by atoms with Crippen LogP contribution in [0.15, 0.2) is 10.5 Å². The van der Waals surface area contributed by atoms with Crippen LogP contribution < -0.4 is 11.6 Å². The lowest BCUT2D eigenvalue weighted by Gasteiger charge is -1.88. The number of aromatic nitrogens is 1. The van der Waals surface area contributed by atoms with E-state index in [2.05, 4.69) is 27.7 Å². The molecule has 0 aliphatic carbocycles. The quantitative estimate of drug-likeness (QED) is 0.300. The van der Waals surface area contributed by atoms with Gasteiger partial charge in [0.05, 0.1) is 5.37 Å². The Morgan fingerprint density at radius 1 is 1.82 bits per heavy atom. The molecule has 0 spiro atoms. The summed E-state index contributed by atoms with van der Waals surface area (Å²) in [4.78, 5) is 3.91. The van der Waals surface area contributed by atoms with E-state index < -0.39 is 0 Å². The van der Waals surface area contributed by atoms with Crippen molar-refractivity contribution >= 4 is 39.8 Å². The molecule has 4 nitrogen and oxygen atoms in total. The van der Waals surface area contributed by atoms with E-state index in [1.165, 1.54) is 11.3 Å². The highest BCUT2D eigenvalue weighted by atomic mass is 32.1. The lowest BCUT2D eigenvalue weighted by Crippen LogP contribution is -2.04. The minimum Gasteiger partial charge on any atom is -0.375 e. The van der Waals surface area contributed by atoms with Gasteiger partial charge in [-0.15, -0.1) is 11.3 Å². The molecular formula is C5H5N4S2. The molecule has 1 rings (SSSR count).